The molecule has 0 saturated carbocycles. The second-order valence-corrected chi connectivity index (χ2v) is 0.432. The van der Waals surface area contributed by atoms with E-state index in [2.05, 4.69) is 6.42 Å². The minimum Gasteiger partial charge on any atom is -0.537 e. The van der Waals surface area contributed by atoms with Gasteiger partial charge in [0.2, 0.25) is 0 Å². The number of hydrogen-bond acceptors (Lipinski definition) is 2. The van der Waals surface area contributed by atoms with Gasteiger partial charge in [0.1, 0.15) is 5.97 Å². The van der Waals surface area contributed by atoms with Crippen molar-refractivity contribution < 1.29 is 39.5 Å². The van der Waals surface area contributed by atoms with Gasteiger partial charge in [-0.2, -0.15) is 0 Å². The van der Waals surface area contributed by atoms with E-state index in [4.69, 9.17) is 9.90 Å². The molecule has 0 aromatic heterocycles. The molecule has 0 heterocycles. The molecule has 0 spiro atoms. The van der Waals surface area contributed by atoms with Crippen molar-refractivity contribution in [3.8, 4) is 12.3 Å². The first-order chi connectivity index (χ1) is 2.27. The zero-order valence-corrected chi connectivity index (χ0v) is 5.39. The molecule has 0 radical (unpaired) electrons. The van der Waals surface area contributed by atoms with Gasteiger partial charge in [0.25, 0.3) is 0 Å². The fraction of sp³-hybridized carbons (Fsp3) is 0. The number of hydrogen-bond donors (Lipinski definition) is 0. The summed E-state index contributed by atoms with van der Waals surface area (Å²) in [4.78, 5) is 9.02. The molecular weight excluding hydrogens is 91.0 g/mol. The summed E-state index contributed by atoms with van der Waals surface area (Å²) in [6.07, 6.45) is 4.26. The van der Waals surface area contributed by atoms with E-state index in [1.807, 2.05) is 0 Å². The number of aliphatic carboxylic acids is 1. The van der Waals surface area contributed by atoms with Crippen LogP contribution in [0.3, 0.4) is 0 Å². The van der Waals surface area contributed by atoms with E-state index in [1.54, 1.807) is 0 Å². The molecule has 2 nitrogen and oxygen atoms in total. The van der Waals surface area contributed by atoms with Crippen LogP contribution in [0.2, 0.25) is 0 Å². The van der Waals surface area contributed by atoms with E-state index >= 15 is 0 Å². The molecule has 6 heavy (non-hydrogen) atoms. The fourth-order valence-electron chi connectivity index (χ4n) is 0. The van der Waals surface area contributed by atoms with Crippen LogP contribution in [0.25, 0.3) is 0 Å². The average Bonchev–Trinajstić information content (AvgIpc) is 1.38. The Labute approximate surface area is 57.8 Å². The fourth-order valence-corrected chi connectivity index (χ4v) is 0. The van der Waals surface area contributed by atoms with Gasteiger partial charge in [-0.1, -0.05) is 5.92 Å². The molecule has 0 saturated heterocycles. The molecule has 0 aliphatic carbocycles. The zero-order valence-electron chi connectivity index (χ0n) is 3.39. The van der Waals surface area contributed by atoms with Crippen molar-refractivity contribution in [2.45, 2.75) is 0 Å². The van der Waals surface area contributed by atoms with Gasteiger partial charge in [-0.3, -0.25) is 0 Å². The van der Waals surface area contributed by atoms with Gasteiger partial charge < -0.3 is 9.90 Å². The molecule has 0 amide bonds. The van der Waals surface area contributed by atoms with E-state index < -0.39 is 5.97 Å². The van der Waals surface area contributed by atoms with Crippen LogP contribution in [0.4, 0.5) is 0 Å². The molecule has 3 heteroatoms. The molecule has 0 aromatic rings. The molecule has 0 rings (SSSR count). The van der Waals surface area contributed by atoms with Gasteiger partial charge in [0, 0.05) is 0 Å². The predicted octanol–water partition coefficient (Wildman–Crippen LogP) is -4.63. The first-order valence-electron chi connectivity index (χ1n) is 0.947. The predicted molar refractivity (Wildman–Crippen MR) is 13.8 cm³/mol. The molecule has 26 valence electrons. The first-order valence-corrected chi connectivity index (χ1v) is 0.947. The second-order valence-electron chi connectivity index (χ2n) is 0.432. The van der Waals surface area contributed by atoms with Crippen molar-refractivity contribution in [3.63, 3.8) is 0 Å². The van der Waals surface area contributed by atoms with Gasteiger partial charge in [-0.25, -0.2) is 0 Å². The summed E-state index contributed by atoms with van der Waals surface area (Å²) >= 11 is 0. The minimum atomic E-state index is -1.47. The maximum absolute atomic E-state index is 9.02. The third-order valence-electron chi connectivity index (χ3n) is 0.118. The average molecular weight is 92.0 g/mol. The summed E-state index contributed by atoms with van der Waals surface area (Å²) in [6.45, 7) is 0. The third-order valence-corrected chi connectivity index (χ3v) is 0.118. The normalized spacial score (nSPS) is 4.50. The Hall–Kier alpha value is 0.0300. The Balaban J connectivity index is 0. The van der Waals surface area contributed by atoms with E-state index in [-0.39, 0.29) is 29.6 Å². The maximum atomic E-state index is 9.02. The van der Waals surface area contributed by atoms with Crippen LogP contribution in [0.1, 0.15) is 0 Å². The molecule has 0 fully saturated rings. The standard InChI is InChI=1S/C3H2O2.Na/c1-2-3(4)5;/h1H,(H,4,5);/q;+1/p-1. The number of carbonyl (C=O) groups is 1. The van der Waals surface area contributed by atoms with Crippen LogP contribution >= 0.6 is 0 Å². The van der Waals surface area contributed by atoms with E-state index in [9.17, 15) is 0 Å². The number of carboxylic acids is 1. The van der Waals surface area contributed by atoms with Crippen LogP contribution in [0.5, 0.6) is 0 Å². The Bertz CT molecular complexity index is 81.3. The van der Waals surface area contributed by atoms with E-state index in [0.717, 1.165) is 0 Å². The van der Waals surface area contributed by atoms with Crippen molar-refractivity contribution in [3.05, 3.63) is 0 Å². The molecule has 0 bridgehead atoms. The van der Waals surface area contributed by atoms with Gasteiger partial charge in [-0.15, -0.1) is 6.42 Å². The Morgan fingerprint density at radius 2 is 2.00 bits per heavy atom. The smallest absolute Gasteiger partial charge is 0.537 e. The molecule has 0 aromatic carbocycles. The summed E-state index contributed by atoms with van der Waals surface area (Å²) in [5, 5.41) is 9.02. The Morgan fingerprint density at radius 1 is 1.83 bits per heavy atom. The third kappa shape index (κ3) is 8.98. The largest absolute Gasteiger partial charge is 1.00 e. The van der Waals surface area contributed by atoms with Gasteiger partial charge >= 0.3 is 29.6 Å². The first kappa shape index (κ1) is 9.39. The van der Waals surface area contributed by atoms with Crippen LogP contribution in [-0.2, 0) is 4.79 Å². The molecule has 0 atom stereocenters. The summed E-state index contributed by atoms with van der Waals surface area (Å²) < 4.78 is 0. The van der Waals surface area contributed by atoms with Crippen LogP contribution < -0.4 is 34.7 Å². The number of rotatable bonds is 0. The van der Waals surface area contributed by atoms with Crippen molar-refractivity contribution in [2.24, 2.45) is 0 Å². The number of terminal acetylenes is 1. The number of carbonyl (C=O) groups excluding carboxylic acids is 1. The topological polar surface area (TPSA) is 40.1 Å². The molecular formula is C3HNaO2. The van der Waals surface area contributed by atoms with E-state index in [0.29, 0.717) is 0 Å². The molecule has 0 aliphatic rings. The van der Waals surface area contributed by atoms with Crippen molar-refractivity contribution in [1.29, 1.82) is 0 Å². The van der Waals surface area contributed by atoms with E-state index in [1.165, 1.54) is 5.92 Å². The van der Waals surface area contributed by atoms with Crippen molar-refractivity contribution in [2.75, 3.05) is 0 Å². The summed E-state index contributed by atoms with van der Waals surface area (Å²) in [7, 11) is 0. The minimum absolute atomic E-state index is 0. The molecule has 0 unspecified atom stereocenters. The summed E-state index contributed by atoms with van der Waals surface area (Å²) in [5.41, 5.74) is 0. The molecule has 0 N–H and O–H groups in total. The van der Waals surface area contributed by atoms with Crippen LogP contribution in [0, 0.1) is 12.3 Å². The second kappa shape index (κ2) is 5.03. The summed E-state index contributed by atoms with van der Waals surface area (Å²) in [6, 6.07) is 0. The van der Waals surface area contributed by atoms with Crippen LogP contribution in [0.15, 0.2) is 0 Å². The Morgan fingerprint density at radius 3 is 2.00 bits per heavy atom. The SMILES string of the molecule is C#CC(=O)[O-].[Na+]. The molecule has 0 aliphatic heterocycles. The monoisotopic (exact) mass is 92.0 g/mol. The van der Waals surface area contributed by atoms with Gasteiger partial charge in [0.15, 0.2) is 0 Å². The van der Waals surface area contributed by atoms with Gasteiger partial charge in [-0.05, 0) is 0 Å². The quantitative estimate of drug-likeness (QED) is 0.223. The Kier molecular flexibility index (Phi) is 7.88. The van der Waals surface area contributed by atoms with Gasteiger partial charge in [0.05, 0.1) is 0 Å². The number of carboxylic acid groups (broad SMARTS) is 1. The maximum Gasteiger partial charge on any atom is 1.00 e. The van der Waals surface area contributed by atoms with Crippen LogP contribution in [-0.4, -0.2) is 5.97 Å². The zero-order chi connectivity index (χ0) is 4.28. The van der Waals surface area contributed by atoms with Crippen molar-refractivity contribution >= 4 is 5.97 Å². The summed E-state index contributed by atoms with van der Waals surface area (Å²) in [5.74, 6) is -0.134. The van der Waals surface area contributed by atoms with Crippen molar-refractivity contribution in [1.82, 2.24) is 0 Å².